The Kier molecular flexibility index (Phi) is 3.53. The number of hydrogen-bond donors (Lipinski definition) is 1. The zero-order valence-corrected chi connectivity index (χ0v) is 9.46. The number of hydrogen-bond acceptors (Lipinski definition) is 1. The average Bonchev–Trinajstić information content (AvgIpc) is 1.56. The maximum atomic E-state index is 9.57. The minimum absolute atomic E-state index is 0.214. The molecule has 0 aromatic rings. The molecule has 1 nitrogen and oxygen atoms in total. The van der Waals surface area contributed by atoms with E-state index in [0.29, 0.717) is 5.92 Å². The first kappa shape index (κ1) is 11.4. The molecule has 0 aliphatic carbocycles. The summed E-state index contributed by atoms with van der Waals surface area (Å²) in [7, 11) is 2.48. The lowest BCUT2D eigenvalue weighted by atomic mass is 9.77. The standard InChI is InChI=1S/C9H21OP/c1-7(2)8(3,4)6-9(5,10)11/h7,10H,6,11H2,1-5H3. The van der Waals surface area contributed by atoms with Crippen LogP contribution in [0.5, 0.6) is 0 Å². The van der Waals surface area contributed by atoms with Gasteiger partial charge in [0.2, 0.25) is 0 Å². The smallest absolute Gasteiger partial charge is 0.0756 e. The topological polar surface area (TPSA) is 20.2 Å². The molecular weight excluding hydrogens is 155 g/mol. The van der Waals surface area contributed by atoms with Gasteiger partial charge in [0.15, 0.2) is 0 Å². The Hall–Kier alpha value is 0.390. The van der Waals surface area contributed by atoms with Gasteiger partial charge in [0, 0.05) is 0 Å². The normalized spacial score (nSPS) is 18.5. The molecule has 11 heavy (non-hydrogen) atoms. The molecule has 0 saturated carbocycles. The Bertz CT molecular complexity index is 122. The fraction of sp³-hybridized carbons (Fsp3) is 1.00. The first-order chi connectivity index (χ1) is 4.65. The number of aliphatic hydroxyl groups is 1. The van der Waals surface area contributed by atoms with E-state index in [4.69, 9.17) is 0 Å². The summed E-state index contributed by atoms with van der Waals surface area (Å²) in [6.45, 7) is 10.6. The molecule has 1 N–H and O–H groups in total. The SMILES string of the molecule is CC(C)C(C)(C)CC(C)(O)P. The minimum atomic E-state index is -0.617. The molecule has 0 aliphatic heterocycles. The fourth-order valence-electron chi connectivity index (χ4n) is 1.13. The second-order valence-corrected chi connectivity index (χ2v) is 5.92. The van der Waals surface area contributed by atoms with E-state index in [-0.39, 0.29) is 5.41 Å². The van der Waals surface area contributed by atoms with Crippen LogP contribution in [0.3, 0.4) is 0 Å². The lowest BCUT2D eigenvalue weighted by Crippen LogP contribution is -2.29. The van der Waals surface area contributed by atoms with Crippen molar-refractivity contribution in [3.05, 3.63) is 0 Å². The molecule has 0 heterocycles. The predicted octanol–water partition coefficient (Wildman–Crippen LogP) is 2.64. The van der Waals surface area contributed by atoms with Gasteiger partial charge in [0.1, 0.15) is 0 Å². The Morgan fingerprint density at radius 3 is 1.73 bits per heavy atom. The molecule has 0 radical (unpaired) electrons. The highest BCUT2D eigenvalue weighted by atomic mass is 31.0. The van der Waals surface area contributed by atoms with Gasteiger partial charge in [-0.3, -0.25) is 0 Å². The van der Waals surface area contributed by atoms with Crippen molar-refractivity contribution in [3.8, 4) is 0 Å². The minimum Gasteiger partial charge on any atom is -0.386 e. The molecule has 0 aromatic carbocycles. The summed E-state index contributed by atoms with van der Waals surface area (Å²) in [4.78, 5) is 0. The molecule has 68 valence electrons. The van der Waals surface area contributed by atoms with Crippen LogP contribution in [-0.4, -0.2) is 10.4 Å². The van der Waals surface area contributed by atoms with E-state index in [1.54, 1.807) is 0 Å². The van der Waals surface area contributed by atoms with Crippen LogP contribution in [0.15, 0.2) is 0 Å². The van der Waals surface area contributed by atoms with Crippen LogP contribution in [0.4, 0.5) is 0 Å². The van der Waals surface area contributed by atoms with Gasteiger partial charge in [-0.1, -0.05) is 27.7 Å². The van der Waals surface area contributed by atoms with Crippen LogP contribution >= 0.6 is 9.24 Å². The lowest BCUT2D eigenvalue weighted by Gasteiger charge is -2.34. The van der Waals surface area contributed by atoms with Gasteiger partial charge in [-0.2, -0.15) is 0 Å². The van der Waals surface area contributed by atoms with Crippen LogP contribution < -0.4 is 0 Å². The molecule has 0 saturated heterocycles. The molecule has 2 unspecified atom stereocenters. The van der Waals surface area contributed by atoms with E-state index in [0.717, 1.165) is 6.42 Å². The molecule has 0 fully saturated rings. The van der Waals surface area contributed by atoms with Gasteiger partial charge < -0.3 is 5.11 Å². The average molecular weight is 176 g/mol. The summed E-state index contributed by atoms with van der Waals surface area (Å²) in [5, 5.41) is 8.95. The zero-order chi connectivity index (χ0) is 9.28. The fourth-order valence-corrected chi connectivity index (χ4v) is 1.65. The second kappa shape index (κ2) is 3.41. The van der Waals surface area contributed by atoms with Crippen molar-refractivity contribution in [1.82, 2.24) is 0 Å². The van der Waals surface area contributed by atoms with E-state index in [2.05, 4.69) is 36.9 Å². The van der Waals surface area contributed by atoms with E-state index in [1.807, 2.05) is 6.92 Å². The molecule has 0 bridgehead atoms. The Balaban J connectivity index is 4.13. The summed E-state index contributed by atoms with van der Waals surface area (Å²) in [6.07, 6.45) is 0.822. The van der Waals surface area contributed by atoms with E-state index in [1.165, 1.54) is 0 Å². The monoisotopic (exact) mass is 176 g/mol. The van der Waals surface area contributed by atoms with Crippen LogP contribution in [0, 0.1) is 11.3 Å². The van der Waals surface area contributed by atoms with Crippen LogP contribution in [-0.2, 0) is 0 Å². The highest BCUT2D eigenvalue weighted by Crippen LogP contribution is 2.37. The molecule has 0 aliphatic rings. The van der Waals surface area contributed by atoms with Crippen molar-refractivity contribution >= 4 is 9.24 Å². The van der Waals surface area contributed by atoms with Crippen molar-refractivity contribution < 1.29 is 5.11 Å². The third kappa shape index (κ3) is 4.76. The van der Waals surface area contributed by atoms with Crippen molar-refractivity contribution in [2.75, 3.05) is 0 Å². The summed E-state index contributed by atoms with van der Waals surface area (Å²) in [5.41, 5.74) is 0.214. The second-order valence-electron chi connectivity index (χ2n) is 4.68. The highest BCUT2D eigenvalue weighted by molar-refractivity contribution is 7.18. The molecule has 0 aromatic heterocycles. The predicted molar refractivity (Wildman–Crippen MR) is 53.6 cm³/mol. The Morgan fingerprint density at radius 1 is 1.27 bits per heavy atom. The molecule has 0 spiro atoms. The molecule has 0 amide bonds. The summed E-state index contributed by atoms with van der Waals surface area (Å²) >= 11 is 0. The molecule has 2 atom stereocenters. The molecule has 0 rings (SSSR count). The van der Waals surface area contributed by atoms with Gasteiger partial charge in [0.25, 0.3) is 0 Å². The van der Waals surface area contributed by atoms with E-state index >= 15 is 0 Å². The summed E-state index contributed by atoms with van der Waals surface area (Å²) in [6, 6.07) is 0. The van der Waals surface area contributed by atoms with Crippen molar-refractivity contribution in [3.63, 3.8) is 0 Å². The quantitative estimate of drug-likeness (QED) is 0.655. The maximum absolute atomic E-state index is 9.57. The highest BCUT2D eigenvalue weighted by Gasteiger charge is 2.29. The Labute approximate surface area is 72.8 Å². The lowest BCUT2D eigenvalue weighted by molar-refractivity contribution is 0.0745. The van der Waals surface area contributed by atoms with Crippen molar-refractivity contribution in [2.45, 2.75) is 46.4 Å². The van der Waals surface area contributed by atoms with E-state index in [9.17, 15) is 5.11 Å². The largest absolute Gasteiger partial charge is 0.386 e. The molecular formula is C9H21OP. The van der Waals surface area contributed by atoms with Crippen molar-refractivity contribution in [2.24, 2.45) is 11.3 Å². The van der Waals surface area contributed by atoms with Gasteiger partial charge in [0.05, 0.1) is 5.34 Å². The number of rotatable bonds is 3. The van der Waals surface area contributed by atoms with E-state index < -0.39 is 5.34 Å². The summed E-state index contributed by atoms with van der Waals surface area (Å²) < 4.78 is 0. The van der Waals surface area contributed by atoms with Gasteiger partial charge in [-0.15, -0.1) is 9.24 Å². The third-order valence-electron chi connectivity index (χ3n) is 2.38. The van der Waals surface area contributed by atoms with Crippen LogP contribution in [0.25, 0.3) is 0 Å². The first-order valence-corrected chi connectivity index (χ1v) is 4.74. The van der Waals surface area contributed by atoms with Crippen LogP contribution in [0.1, 0.15) is 41.0 Å². The third-order valence-corrected chi connectivity index (χ3v) is 2.58. The maximum Gasteiger partial charge on any atom is 0.0756 e. The Morgan fingerprint density at radius 2 is 1.64 bits per heavy atom. The van der Waals surface area contributed by atoms with Gasteiger partial charge >= 0.3 is 0 Å². The van der Waals surface area contributed by atoms with Crippen LogP contribution in [0.2, 0.25) is 0 Å². The van der Waals surface area contributed by atoms with Crippen molar-refractivity contribution in [1.29, 1.82) is 0 Å². The summed E-state index contributed by atoms with van der Waals surface area (Å²) in [5.74, 6) is 0.606. The first-order valence-electron chi connectivity index (χ1n) is 4.16. The zero-order valence-electron chi connectivity index (χ0n) is 8.31. The molecule has 2 heteroatoms. The van der Waals surface area contributed by atoms with Gasteiger partial charge in [-0.25, -0.2) is 0 Å². The van der Waals surface area contributed by atoms with Gasteiger partial charge in [-0.05, 0) is 24.7 Å².